The molecule has 0 aromatic carbocycles. The van der Waals surface area contributed by atoms with Gasteiger partial charge in [-0.05, 0) is 31.4 Å². The van der Waals surface area contributed by atoms with Crippen LogP contribution in [0.4, 0.5) is 0 Å². The van der Waals surface area contributed by atoms with E-state index in [1.54, 1.807) is 13.3 Å². The van der Waals surface area contributed by atoms with Crippen LogP contribution < -0.4 is 4.72 Å². The monoisotopic (exact) mass is 338 g/mol. The van der Waals surface area contributed by atoms with Gasteiger partial charge in [0, 0.05) is 25.9 Å². The minimum atomic E-state index is -3.52. The van der Waals surface area contributed by atoms with E-state index in [1.165, 1.54) is 4.31 Å². The van der Waals surface area contributed by atoms with Gasteiger partial charge < -0.3 is 9.14 Å². The highest BCUT2D eigenvalue weighted by Gasteiger charge is 2.33. The molecule has 1 aliphatic rings. The van der Waals surface area contributed by atoms with E-state index in [2.05, 4.69) is 9.71 Å². The fraction of sp³-hybridized carbons (Fsp3) is 0.533. The van der Waals surface area contributed by atoms with Crippen molar-refractivity contribution in [2.45, 2.75) is 32.4 Å². The molecule has 1 saturated heterocycles. The summed E-state index contributed by atoms with van der Waals surface area (Å²) in [5, 5.41) is 0. The fourth-order valence-electron chi connectivity index (χ4n) is 3.07. The molecule has 0 aliphatic carbocycles. The van der Waals surface area contributed by atoms with Crippen molar-refractivity contribution in [2.24, 2.45) is 0 Å². The predicted octanol–water partition coefficient (Wildman–Crippen LogP) is 1.09. The molecular weight excluding hydrogens is 316 g/mol. The molecule has 1 atom stereocenters. The van der Waals surface area contributed by atoms with Crippen molar-refractivity contribution in [1.29, 1.82) is 0 Å². The number of aryl methyl sites for hydroxylation is 1. The van der Waals surface area contributed by atoms with Gasteiger partial charge in [-0.15, -0.1) is 0 Å². The van der Waals surface area contributed by atoms with E-state index in [0.29, 0.717) is 13.2 Å². The molecule has 3 heterocycles. The van der Waals surface area contributed by atoms with Crippen molar-refractivity contribution in [3.8, 4) is 0 Å². The number of fused-ring (bicyclic) bond motifs is 1. The van der Waals surface area contributed by atoms with Crippen molar-refractivity contribution >= 4 is 15.9 Å². The molecule has 1 N–H and O–H groups in total. The lowest BCUT2D eigenvalue weighted by Gasteiger charge is -2.23. The van der Waals surface area contributed by atoms with Crippen LogP contribution in [0.25, 0.3) is 5.65 Å². The molecule has 23 heavy (non-hydrogen) atoms. The quantitative estimate of drug-likeness (QED) is 0.855. The summed E-state index contributed by atoms with van der Waals surface area (Å²) in [6.45, 7) is 3.16. The zero-order valence-corrected chi connectivity index (χ0v) is 14.2. The summed E-state index contributed by atoms with van der Waals surface area (Å²) in [6.07, 6.45) is 5.30. The van der Waals surface area contributed by atoms with E-state index in [9.17, 15) is 8.42 Å². The van der Waals surface area contributed by atoms with Gasteiger partial charge >= 0.3 is 0 Å². The molecule has 0 spiro atoms. The molecule has 1 aliphatic heterocycles. The SMILES string of the molecule is COCC1CCCN1S(=O)(=O)NCc1cnc2c(C)cccn12. The highest BCUT2D eigenvalue weighted by atomic mass is 32.2. The van der Waals surface area contributed by atoms with Gasteiger partial charge in [0.15, 0.2) is 0 Å². The molecule has 1 fully saturated rings. The van der Waals surface area contributed by atoms with Crippen molar-refractivity contribution in [1.82, 2.24) is 18.4 Å². The maximum absolute atomic E-state index is 12.5. The van der Waals surface area contributed by atoms with E-state index in [1.807, 2.05) is 29.7 Å². The second-order valence-corrected chi connectivity index (χ2v) is 7.53. The van der Waals surface area contributed by atoms with Crippen LogP contribution in [0.15, 0.2) is 24.5 Å². The molecule has 8 heteroatoms. The van der Waals surface area contributed by atoms with Crippen molar-refractivity contribution in [3.63, 3.8) is 0 Å². The largest absolute Gasteiger partial charge is 0.383 e. The van der Waals surface area contributed by atoms with Gasteiger partial charge in [-0.2, -0.15) is 17.4 Å². The average Bonchev–Trinajstić information content (AvgIpc) is 3.13. The van der Waals surface area contributed by atoms with Gasteiger partial charge in [0.1, 0.15) is 5.65 Å². The van der Waals surface area contributed by atoms with Crippen molar-refractivity contribution in [3.05, 3.63) is 35.8 Å². The Hall–Kier alpha value is -1.48. The lowest BCUT2D eigenvalue weighted by atomic mass is 10.2. The number of nitrogens with zero attached hydrogens (tertiary/aromatic N) is 3. The van der Waals surface area contributed by atoms with Crippen LogP contribution in [0.3, 0.4) is 0 Å². The summed E-state index contributed by atoms with van der Waals surface area (Å²) in [4.78, 5) is 4.36. The summed E-state index contributed by atoms with van der Waals surface area (Å²) in [5.74, 6) is 0. The molecule has 126 valence electrons. The first kappa shape index (κ1) is 16.4. The molecule has 2 aromatic heterocycles. The molecule has 1 unspecified atom stereocenters. The smallest absolute Gasteiger partial charge is 0.280 e. The number of pyridine rings is 1. The Morgan fingerprint density at radius 1 is 1.48 bits per heavy atom. The van der Waals surface area contributed by atoms with E-state index in [-0.39, 0.29) is 12.6 Å². The molecule has 0 radical (unpaired) electrons. The number of nitrogens with one attached hydrogen (secondary N) is 1. The molecule has 0 saturated carbocycles. The molecule has 3 rings (SSSR count). The zero-order valence-electron chi connectivity index (χ0n) is 13.4. The minimum Gasteiger partial charge on any atom is -0.383 e. The lowest BCUT2D eigenvalue weighted by Crippen LogP contribution is -2.44. The summed E-state index contributed by atoms with van der Waals surface area (Å²) >= 11 is 0. The topological polar surface area (TPSA) is 75.9 Å². The minimum absolute atomic E-state index is 0.0815. The number of aromatic nitrogens is 2. The van der Waals surface area contributed by atoms with Gasteiger partial charge in [-0.25, -0.2) is 4.98 Å². The third kappa shape index (κ3) is 3.25. The Morgan fingerprint density at radius 3 is 3.09 bits per heavy atom. The summed E-state index contributed by atoms with van der Waals surface area (Å²) in [5.41, 5.74) is 2.72. The Balaban J connectivity index is 1.75. The molecule has 2 aromatic rings. The Bertz CT molecular complexity index is 787. The summed E-state index contributed by atoms with van der Waals surface area (Å²) in [7, 11) is -1.93. The maximum atomic E-state index is 12.5. The number of imidazole rings is 1. The van der Waals surface area contributed by atoms with Crippen LogP contribution in [0.5, 0.6) is 0 Å². The Morgan fingerprint density at radius 2 is 2.30 bits per heavy atom. The normalized spacial score (nSPS) is 19.7. The second kappa shape index (κ2) is 6.56. The first-order chi connectivity index (χ1) is 11.0. The van der Waals surface area contributed by atoms with E-state index < -0.39 is 10.2 Å². The van der Waals surface area contributed by atoms with Crippen LogP contribution in [-0.2, 0) is 21.5 Å². The van der Waals surface area contributed by atoms with Crippen LogP contribution in [0.2, 0.25) is 0 Å². The van der Waals surface area contributed by atoms with Gasteiger partial charge in [0.2, 0.25) is 0 Å². The highest BCUT2D eigenvalue weighted by molar-refractivity contribution is 7.87. The molecule has 7 nitrogen and oxygen atoms in total. The average molecular weight is 338 g/mol. The van der Waals surface area contributed by atoms with Crippen molar-refractivity contribution in [2.75, 3.05) is 20.3 Å². The first-order valence-electron chi connectivity index (χ1n) is 7.70. The first-order valence-corrected chi connectivity index (χ1v) is 9.14. The van der Waals surface area contributed by atoms with Crippen LogP contribution >= 0.6 is 0 Å². The molecular formula is C15H22N4O3S. The van der Waals surface area contributed by atoms with E-state index in [4.69, 9.17) is 4.74 Å². The number of rotatable bonds is 6. The number of methoxy groups -OCH3 is 1. The molecule has 0 bridgehead atoms. The van der Waals surface area contributed by atoms with Crippen LogP contribution in [0, 0.1) is 6.92 Å². The predicted molar refractivity (Wildman–Crippen MR) is 87.3 cm³/mol. The van der Waals surface area contributed by atoms with Crippen LogP contribution in [0.1, 0.15) is 24.1 Å². The van der Waals surface area contributed by atoms with Crippen LogP contribution in [-0.4, -0.2) is 48.4 Å². The van der Waals surface area contributed by atoms with Crippen molar-refractivity contribution < 1.29 is 13.2 Å². The third-order valence-corrected chi connectivity index (χ3v) is 5.84. The Labute approximate surface area is 136 Å². The van der Waals surface area contributed by atoms with E-state index >= 15 is 0 Å². The van der Waals surface area contributed by atoms with Gasteiger partial charge in [-0.1, -0.05) is 6.07 Å². The lowest BCUT2D eigenvalue weighted by molar-refractivity contribution is 0.148. The fourth-order valence-corrected chi connectivity index (χ4v) is 4.49. The standard InChI is InChI=1S/C15H22N4O3S/c1-12-5-3-7-18-14(9-16-15(12)18)10-17-23(20,21)19-8-4-6-13(19)11-22-2/h3,5,7,9,13,17H,4,6,8,10-11H2,1-2H3. The number of hydrogen-bond acceptors (Lipinski definition) is 4. The number of hydrogen-bond donors (Lipinski definition) is 1. The number of ether oxygens (including phenoxy) is 1. The summed E-state index contributed by atoms with van der Waals surface area (Å²) in [6, 6.07) is 3.83. The zero-order chi connectivity index (χ0) is 16.4. The van der Waals surface area contributed by atoms with Gasteiger partial charge in [-0.3, -0.25) is 0 Å². The van der Waals surface area contributed by atoms with Gasteiger partial charge in [0.05, 0.1) is 25.0 Å². The maximum Gasteiger partial charge on any atom is 0.280 e. The summed E-state index contributed by atoms with van der Waals surface area (Å²) < 4.78 is 36.3. The third-order valence-electron chi connectivity index (χ3n) is 4.23. The Kier molecular flexibility index (Phi) is 4.67. The highest BCUT2D eigenvalue weighted by Crippen LogP contribution is 2.20. The van der Waals surface area contributed by atoms with E-state index in [0.717, 1.165) is 29.7 Å². The second-order valence-electron chi connectivity index (χ2n) is 5.82. The van der Waals surface area contributed by atoms with Gasteiger partial charge in [0.25, 0.3) is 10.2 Å². The molecule has 0 amide bonds.